The third-order valence-electron chi connectivity index (χ3n) is 3.46. The highest BCUT2D eigenvalue weighted by Gasteiger charge is 2.19. The van der Waals surface area contributed by atoms with Crippen LogP contribution in [-0.2, 0) is 6.54 Å². The smallest absolute Gasteiger partial charge is 0.302 e. The summed E-state index contributed by atoms with van der Waals surface area (Å²) in [7, 11) is 2.00. The van der Waals surface area contributed by atoms with Crippen LogP contribution in [0.25, 0.3) is 0 Å². The van der Waals surface area contributed by atoms with Gasteiger partial charge in [-0.3, -0.25) is 10.1 Å². The number of hydrogen-bond donors (Lipinski definition) is 0. The Hall–Kier alpha value is -1.49. The van der Waals surface area contributed by atoms with Gasteiger partial charge < -0.3 is 4.90 Å². The summed E-state index contributed by atoms with van der Waals surface area (Å²) in [5, 5.41) is 10.5. The molecule has 0 N–H and O–H groups in total. The van der Waals surface area contributed by atoms with Crippen molar-refractivity contribution in [3.8, 4) is 0 Å². The van der Waals surface area contributed by atoms with E-state index in [-0.39, 0.29) is 0 Å². The fraction of sp³-hybridized carbons (Fsp3) is 0.538. The third-order valence-corrected chi connectivity index (χ3v) is 3.46. The van der Waals surface area contributed by atoms with E-state index in [0.29, 0.717) is 6.54 Å². The highest BCUT2D eigenvalue weighted by Crippen LogP contribution is 2.27. The van der Waals surface area contributed by atoms with Crippen LogP contribution in [0, 0.1) is 21.8 Å². The lowest BCUT2D eigenvalue weighted by molar-refractivity contribution is -0.387. The van der Waals surface area contributed by atoms with Gasteiger partial charge in [-0.2, -0.15) is 4.39 Å². The summed E-state index contributed by atoms with van der Waals surface area (Å²) >= 11 is 0. The van der Waals surface area contributed by atoms with Crippen molar-refractivity contribution in [1.82, 2.24) is 4.90 Å². The predicted octanol–water partition coefficient (Wildman–Crippen LogP) is 2.97. The van der Waals surface area contributed by atoms with Crippen molar-refractivity contribution in [2.24, 2.45) is 5.92 Å². The molecule has 18 heavy (non-hydrogen) atoms. The Morgan fingerprint density at radius 2 is 2.22 bits per heavy atom. The van der Waals surface area contributed by atoms with Crippen molar-refractivity contribution in [3.63, 3.8) is 0 Å². The van der Waals surface area contributed by atoms with Crippen LogP contribution in [0.2, 0.25) is 0 Å². The molecule has 1 fully saturated rings. The molecule has 0 atom stereocenters. The Morgan fingerprint density at radius 3 is 2.72 bits per heavy atom. The van der Waals surface area contributed by atoms with Gasteiger partial charge in [-0.1, -0.05) is 12.5 Å². The maximum absolute atomic E-state index is 13.4. The van der Waals surface area contributed by atoms with Crippen molar-refractivity contribution in [3.05, 3.63) is 39.7 Å². The van der Waals surface area contributed by atoms with Gasteiger partial charge in [-0.05, 0) is 37.4 Å². The molecular formula is C13H17FN2O2. The second-order valence-electron chi connectivity index (χ2n) is 5.04. The topological polar surface area (TPSA) is 46.4 Å². The van der Waals surface area contributed by atoms with E-state index in [1.165, 1.54) is 31.4 Å². The first-order valence-corrected chi connectivity index (χ1v) is 6.17. The Labute approximate surface area is 106 Å². The monoisotopic (exact) mass is 252 g/mol. The molecule has 0 aromatic heterocycles. The highest BCUT2D eigenvalue weighted by molar-refractivity contribution is 5.34. The average molecular weight is 252 g/mol. The normalized spacial score (nSPS) is 15.7. The van der Waals surface area contributed by atoms with Gasteiger partial charge in [-0.15, -0.1) is 0 Å². The molecule has 0 unspecified atom stereocenters. The first kappa shape index (κ1) is 13.0. The summed E-state index contributed by atoms with van der Waals surface area (Å²) in [5.41, 5.74) is 0.320. The van der Waals surface area contributed by atoms with E-state index >= 15 is 0 Å². The molecule has 1 aliphatic carbocycles. The predicted molar refractivity (Wildman–Crippen MR) is 66.7 cm³/mol. The van der Waals surface area contributed by atoms with E-state index in [1.54, 1.807) is 6.07 Å². The molecule has 5 heteroatoms. The molecule has 0 radical (unpaired) electrons. The number of nitrogens with zero attached hydrogens (tertiary/aromatic N) is 2. The van der Waals surface area contributed by atoms with Crippen molar-refractivity contribution in [1.29, 1.82) is 0 Å². The minimum atomic E-state index is -0.755. The van der Waals surface area contributed by atoms with Crippen LogP contribution < -0.4 is 0 Å². The Kier molecular flexibility index (Phi) is 3.91. The molecule has 0 bridgehead atoms. The van der Waals surface area contributed by atoms with Gasteiger partial charge in [0.05, 0.1) is 4.92 Å². The number of halogens is 1. The quantitative estimate of drug-likeness (QED) is 0.598. The van der Waals surface area contributed by atoms with Crippen LogP contribution in [0.1, 0.15) is 24.8 Å². The Bertz CT molecular complexity index is 447. The molecule has 2 rings (SSSR count). The second-order valence-corrected chi connectivity index (χ2v) is 5.04. The summed E-state index contributed by atoms with van der Waals surface area (Å²) < 4.78 is 13.4. The molecule has 1 aromatic rings. The zero-order valence-electron chi connectivity index (χ0n) is 10.4. The Balaban J connectivity index is 1.96. The molecule has 0 amide bonds. The zero-order chi connectivity index (χ0) is 13.1. The van der Waals surface area contributed by atoms with E-state index in [0.717, 1.165) is 18.0 Å². The minimum absolute atomic E-state index is 0.458. The minimum Gasteiger partial charge on any atom is -0.302 e. The van der Waals surface area contributed by atoms with Crippen LogP contribution in [0.4, 0.5) is 10.1 Å². The van der Waals surface area contributed by atoms with Crippen LogP contribution in [-0.4, -0.2) is 23.4 Å². The fourth-order valence-electron chi connectivity index (χ4n) is 2.29. The zero-order valence-corrected chi connectivity index (χ0v) is 10.4. The van der Waals surface area contributed by atoms with Crippen LogP contribution in [0.15, 0.2) is 18.2 Å². The first-order chi connectivity index (χ1) is 8.56. The number of rotatable bonds is 5. The van der Waals surface area contributed by atoms with E-state index < -0.39 is 16.4 Å². The van der Waals surface area contributed by atoms with E-state index in [9.17, 15) is 14.5 Å². The molecule has 0 aliphatic heterocycles. The van der Waals surface area contributed by atoms with E-state index in [2.05, 4.69) is 4.90 Å². The molecule has 1 saturated carbocycles. The fourth-order valence-corrected chi connectivity index (χ4v) is 2.29. The van der Waals surface area contributed by atoms with Crippen LogP contribution in [0.5, 0.6) is 0 Å². The maximum atomic E-state index is 13.4. The second kappa shape index (κ2) is 5.44. The van der Waals surface area contributed by atoms with Gasteiger partial charge in [0, 0.05) is 19.2 Å². The summed E-state index contributed by atoms with van der Waals surface area (Å²) in [5.74, 6) is 0.00689. The van der Waals surface area contributed by atoms with Gasteiger partial charge in [0.25, 0.3) is 0 Å². The molecule has 0 heterocycles. The number of nitro groups is 1. The lowest BCUT2D eigenvalue weighted by Crippen LogP contribution is -2.29. The van der Waals surface area contributed by atoms with Crippen molar-refractivity contribution < 1.29 is 9.31 Å². The summed E-state index contributed by atoms with van der Waals surface area (Å²) in [4.78, 5) is 11.9. The SMILES string of the molecule is CN(Cc1ccc([N+](=O)[O-])c(F)c1)CC1CCC1. The lowest BCUT2D eigenvalue weighted by Gasteiger charge is -2.30. The van der Waals surface area contributed by atoms with Crippen molar-refractivity contribution in [2.45, 2.75) is 25.8 Å². The van der Waals surface area contributed by atoms with Gasteiger partial charge >= 0.3 is 5.69 Å². The number of nitro benzene ring substituents is 1. The van der Waals surface area contributed by atoms with Crippen LogP contribution >= 0.6 is 0 Å². The highest BCUT2D eigenvalue weighted by atomic mass is 19.1. The summed E-state index contributed by atoms with van der Waals surface area (Å²) in [6.45, 7) is 1.64. The number of benzene rings is 1. The van der Waals surface area contributed by atoms with E-state index in [1.807, 2.05) is 7.05 Å². The average Bonchev–Trinajstić information content (AvgIpc) is 2.23. The standard InChI is InChI=1S/C13H17FN2O2/c1-15(8-10-3-2-4-10)9-11-5-6-13(16(17)18)12(14)7-11/h5-7,10H,2-4,8-9H2,1H3. The molecule has 0 saturated heterocycles. The lowest BCUT2D eigenvalue weighted by atomic mass is 9.85. The van der Waals surface area contributed by atoms with Crippen LogP contribution in [0.3, 0.4) is 0 Å². The molecule has 98 valence electrons. The molecule has 4 nitrogen and oxygen atoms in total. The first-order valence-electron chi connectivity index (χ1n) is 6.17. The number of hydrogen-bond acceptors (Lipinski definition) is 3. The molecule has 0 spiro atoms. The maximum Gasteiger partial charge on any atom is 0.304 e. The van der Waals surface area contributed by atoms with E-state index in [4.69, 9.17) is 0 Å². The molecular weight excluding hydrogens is 235 g/mol. The molecule has 1 aliphatic rings. The molecule has 1 aromatic carbocycles. The van der Waals surface area contributed by atoms with Gasteiger partial charge in [-0.25, -0.2) is 0 Å². The van der Waals surface area contributed by atoms with Gasteiger partial charge in [0.15, 0.2) is 0 Å². The Morgan fingerprint density at radius 1 is 1.50 bits per heavy atom. The van der Waals surface area contributed by atoms with Crippen molar-refractivity contribution in [2.75, 3.05) is 13.6 Å². The third kappa shape index (κ3) is 3.04. The summed E-state index contributed by atoms with van der Waals surface area (Å²) in [6.07, 6.45) is 3.86. The largest absolute Gasteiger partial charge is 0.304 e. The summed E-state index contributed by atoms with van der Waals surface area (Å²) in [6, 6.07) is 4.12. The van der Waals surface area contributed by atoms with Crippen molar-refractivity contribution >= 4 is 5.69 Å². The van der Waals surface area contributed by atoms with Gasteiger partial charge in [0.1, 0.15) is 0 Å². The van der Waals surface area contributed by atoms with Gasteiger partial charge in [0.2, 0.25) is 5.82 Å².